The lowest BCUT2D eigenvalue weighted by atomic mass is 10.0. The van der Waals surface area contributed by atoms with E-state index >= 15 is 0 Å². The summed E-state index contributed by atoms with van der Waals surface area (Å²) in [5.41, 5.74) is 1.69. The first-order chi connectivity index (χ1) is 9.11. The minimum atomic E-state index is -0.122. The first kappa shape index (κ1) is 14.3. The molecule has 0 aliphatic carbocycles. The second-order valence-electron chi connectivity index (χ2n) is 5.49. The molecule has 0 amide bonds. The molecule has 19 heavy (non-hydrogen) atoms. The minimum absolute atomic E-state index is 0.122. The standard InChI is InChI=1S/C15H24FN3/c1-17-10-12-6-7-15(14(16)9-12)19(3)13-5-4-8-18(2)11-13/h6-7,9,13,17H,4-5,8,10-11H2,1-3H3. The lowest BCUT2D eigenvalue weighted by Crippen LogP contribution is -2.45. The fourth-order valence-electron chi connectivity index (χ4n) is 2.80. The van der Waals surface area contributed by atoms with Gasteiger partial charge in [0, 0.05) is 26.2 Å². The summed E-state index contributed by atoms with van der Waals surface area (Å²) in [4.78, 5) is 4.41. The molecule has 1 aliphatic rings. The van der Waals surface area contributed by atoms with Gasteiger partial charge in [-0.05, 0) is 51.2 Å². The third-order valence-electron chi connectivity index (χ3n) is 3.92. The molecule has 1 N–H and O–H groups in total. The first-order valence-corrected chi connectivity index (χ1v) is 6.96. The van der Waals surface area contributed by atoms with Gasteiger partial charge in [0.1, 0.15) is 5.82 Å². The number of hydrogen-bond acceptors (Lipinski definition) is 3. The van der Waals surface area contributed by atoms with Crippen LogP contribution in [0.15, 0.2) is 18.2 Å². The number of piperidine rings is 1. The zero-order valence-corrected chi connectivity index (χ0v) is 12.1. The number of hydrogen-bond donors (Lipinski definition) is 1. The average Bonchev–Trinajstić information content (AvgIpc) is 2.38. The molecule has 0 radical (unpaired) electrons. The fraction of sp³-hybridized carbons (Fsp3) is 0.600. The van der Waals surface area contributed by atoms with Crippen molar-refractivity contribution < 1.29 is 4.39 Å². The van der Waals surface area contributed by atoms with Gasteiger partial charge in [-0.2, -0.15) is 0 Å². The van der Waals surface area contributed by atoms with Gasteiger partial charge in [-0.3, -0.25) is 0 Å². The predicted molar refractivity (Wildman–Crippen MR) is 78.1 cm³/mol. The highest BCUT2D eigenvalue weighted by Gasteiger charge is 2.22. The normalized spacial score (nSPS) is 20.5. The molecule has 0 spiro atoms. The van der Waals surface area contributed by atoms with Crippen molar-refractivity contribution in [3.63, 3.8) is 0 Å². The second kappa shape index (κ2) is 6.35. The van der Waals surface area contributed by atoms with E-state index in [1.165, 1.54) is 6.42 Å². The number of benzene rings is 1. The lowest BCUT2D eigenvalue weighted by Gasteiger charge is -2.37. The molecule has 1 aromatic carbocycles. The number of likely N-dealkylation sites (tertiary alicyclic amines) is 1. The summed E-state index contributed by atoms with van der Waals surface area (Å²) in [5.74, 6) is -0.122. The highest BCUT2D eigenvalue weighted by molar-refractivity contribution is 5.49. The van der Waals surface area contributed by atoms with Gasteiger partial charge >= 0.3 is 0 Å². The molecular weight excluding hydrogens is 241 g/mol. The van der Waals surface area contributed by atoms with Crippen molar-refractivity contribution in [2.75, 3.05) is 39.1 Å². The van der Waals surface area contributed by atoms with Gasteiger partial charge in [0.05, 0.1) is 5.69 Å². The third kappa shape index (κ3) is 3.45. The summed E-state index contributed by atoms with van der Waals surface area (Å²) in [6, 6.07) is 5.94. The SMILES string of the molecule is CNCc1ccc(N(C)C2CCCN(C)C2)c(F)c1. The molecular formula is C15H24FN3. The maximum absolute atomic E-state index is 14.2. The van der Waals surface area contributed by atoms with E-state index < -0.39 is 0 Å². The van der Waals surface area contributed by atoms with Crippen LogP contribution in [0.3, 0.4) is 0 Å². The second-order valence-corrected chi connectivity index (χ2v) is 5.49. The van der Waals surface area contributed by atoms with E-state index in [1.54, 1.807) is 6.07 Å². The van der Waals surface area contributed by atoms with Crippen molar-refractivity contribution in [2.45, 2.75) is 25.4 Å². The summed E-state index contributed by atoms with van der Waals surface area (Å²) in [6.45, 7) is 2.86. The highest BCUT2D eigenvalue weighted by Crippen LogP contribution is 2.24. The third-order valence-corrected chi connectivity index (χ3v) is 3.92. The van der Waals surface area contributed by atoms with Crippen LogP contribution in [0.1, 0.15) is 18.4 Å². The Hall–Kier alpha value is -1.13. The maximum Gasteiger partial charge on any atom is 0.146 e. The van der Waals surface area contributed by atoms with Gasteiger partial charge in [-0.25, -0.2) is 4.39 Å². The molecule has 4 heteroatoms. The van der Waals surface area contributed by atoms with Gasteiger partial charge in [-0.15, -0.1) is 0 Å². The molecule has 0 saturated carbocycles. The largest absolute Gasteiger partial charge is 0.368 e. The number of halogens is 1. The summed E-state index contributed by atoms with van der Waals surface area (Å²) >= 11 is 0. The molecule has 1 saturated heterocycles. The molecule has 1 aliphatic heterocycles. The van der Waals surface area contributed by atoms with Crippen LogP contribution in [0.5, 0.6) is 0 Å². The number of nitrogens with one attached hydrogen (secondary N) is 1. The Morgan fingerprint density at radius 3 is 2.89 bits per heavy atom. The Labute approximate surface area is 115 Å². The van der Waals surface area contributed by atoms with Crippen molar-refractivity contribution in [3.8, 4) is 0 Å². The average molecular weight is 265 g/mol. The molecule has 1 unspecified atom stereocenters. The maximum atomic E-state index is 14.2. The Morgan fingerprint density at radius 2 is 2.26 bits per heavy atom. The number of nitrogens with zero attached hydrogens (tertiary/aromatic N) is 2. The van der Waals surface area contributed by atoms with Gasteiger partial charge in [0.15, 0.2) is 0 Å². The van der Waals surface area contributed by atoms with Crippen molar-refractivity contribution >= 4 is 5.69 Å². The molecule has 1 aromatic rings. The molecule has 0 aromatic heterocycles. The van der Waals surface area contributed by atoms with Crippen molar-refractivity contribution in [2.24, 2.45) is 0 Å². The predicted octanol–water partition coefficient (Wildman–Crippen LogP) is 2.08. The van der Waals surface area contributed by atoms with Gasteiger partial charge in [-0.1, -0.05) is 6.07 Å². The van der Waals surface area contributed by atoms with E-state index in [4.69, 9.17) is 0 Å². The van der Waals surface area contributed by atoms with Crippen LogP contribution in [-0.4, -0.2) is 45.2 Å². The van der Waals surface area contributed by atoms with Gasteiger partial charge in [0.25, 0.3) is 0 Å². The Balaban J connectivity index is 2.12. The fourth-order valence-corrected chi connectivity index (χ4v) is 2.80. The quantitative estimate of drug-likeness (QED) is 0.899. The molecule has 106 valence electrons. The van der Waals surface area contributed by atoms with Crippen LogP contribution in [0.2, 0.25) is 0 Å². The van der Waals surface area contributed by atoms with E-state index in [0.717, 1.165) is 25.1 Å². The Morgan fingerprint density at radius 1 is 1.47 bits per heavy atom. The number of anilines is 1. The van der Waals surface area contributed by atoms with E-state index in [9.17, 15) is 4.39 Å². The Kier molecular flexibility index (Phi) is 4.77. The first-order valence-electron chi connectivity index (χ1n) is 6.96. The Bertz CT molecular complexity index is 422. The van der Waals surface area contributed by atoms with Crippen LogP contribution in [0.25, 0.3) is 0 Å². The van der Waals surface area contributed by atoms with Crippen LogP contribution in [0, 0.1) is 5.82 Å². The molecule has 1 heterocycles. The van der Waals surface area contributed by atoms with Crippen LogP contribution >= 0.6 is 0 Å². The van der Waals surface area contributed by atoms with Gasteiger partial charge < -0.3 is 15.1 Å². The summed E-state index contributed by atoms with van der Waals surface area (Å²) in [5, 5.41) is 3.04. The number of likely N-dealkylation sites (N-methyl/N-ethyl adjacent to an activating group) is 2. The van der Waals surface area contributed by atoms with Crippen molar-refractivity contribution in [3.05, 3.63) is 29.6 Å². The summed E-state index contributed by atoms with van der Waals surface area (Å²) < 4.78 is 14.2. The minimum Gasteiger partial charge on any atom is -0.368 e. The molecule has 3 nitrogen and oxygen atoms in total. The van der Waals surface area contributed by atoms with Crippen LogP contribution in [0.4, 0.5) is 10.1 Å². The van der Waals surface area contributed by atoms with E-state index in [0.29, 0.717) is 18.3 Å². The molecule has 1 atom stereocenters. The smallest absolute Gasteiger partial charge is 0.146 e. The summed E-state index contributed by atoms with van der Waals surface area (Å²) in [7, 11) is 6.00. The van der Waals surface area contributed by atoms with Crippen molar-refractivity contribution in [1.29, 1.82) is 0 Å². The molecule has 0 bridgehead atoms. The van der Waals surface area contributed by atoms with Crippen LogP contribution < -0.4 is 10.2 Å². The van der Waals surface area contributed by atoms with E-state index in [-0.39, 0.29) is 5.82 Å². The highest BCUT2D eigenvalue weighted by atomic mass is 19.1. The number of rotatable bonds is 4. The topological polar surface area (TPSA) is 18.5 Å². The zero-order valence-electron chi connectivity index (χ0n) is 12.1. The molecule has 1 fully saturated rings. The van der Waals surface area contributed by atoms with Crippen molar-refractivity contribution in [1.82, 2.24) is 10.2 Å². The monoisotopic (exact) mass is 265 g/mol. The van der Waals surface area contributed by atoms with Crippen LogP contribution in [-0.2, 0) is 6.54 Å². The van der Waals surface area contributed by atoms with E-state index in [2.05, 4.69) is 22.2 Å². The summed E-state index contributed by atoms with van der Waals surface area (Å²) in [6.07, 6.45) is 2.32. The van der Waals surface area contributed by atoms with E-state index in [1.807, 2.05) is 26.2 Å². The zero-order chi connectivity index (χ0) is 13.8. The molecule has 2 rings (SSSR count). The lowest BCUT2D eigenvalue weighted by molar-refractivity contribution is 0.247. The van der Waals surface area contributed by atoms with Gasteiger partial charge in [0.2, 0.25) is 0 Å².